The van der Waals surface area contributed by atoms with Crippen LogP contribution in [0.25, 0.3) is 0 Å². The number of anilines is 1. The maximum Gasteiger partial charge on any atom is 0.251 e. The van der Waals surface area contributed by atoms with Crippen molar-refractivity contribution in [1.29, 1.82) is 0 Å². The van der Waals surface area contributed by atoms with E-state index in [1.165, 1.54) is 12.1 Å². The van der Waals surface area contributed by atoms with Crippen LogP contribution in [-0.4, -0.2) is 19.0 Å². The van der Waals surface area contributed by atoms with Crippen molar-refractivity contribution in [2.75, 3.05) is 18.0 Å². The van der Waals surface area contributed by atoms with E-state index in [4.69, 9.17) is 0 Å². The van der Waals surface area contributed by atoms with Gasteiger partial charge in [0.15, 0.2) is 0 Å². The predicted octanol–water partition coefficient (Wildman–Crippen LogP) is 4.32. The fraction of sp³-hybridized carbons (Fsp3) is 0.571. The second kappa shape index (κ2) is 5.02. The van der Waals surface area contributed by atoms with Crippen LogP contribution in [0.4, 0.5) is 23.2 Å². The molecule has 0 aliphatic carbocycles. The molecule has 0 bridgehead atoms. The highest BCUT2D eigenvalue weighted by molar-refractivity contribution is 5.50. The summed E-state index contributed by atoms with van der Waals surface area (Å²) in [4.78, 5) is 1.60. The average molecular weight is 275 g/mol. The number of rotatable bonds is 2. The smallest absolute Gasteiger partial charge is 0.251 e. The van der Waals surface area contributed by atoms with Crippen LogP contribution in [0.1, 0.15) is 38.2 Å². The third-order valence-electron chi connectivity index (χ3n) is 3.50. The SMILES string of the molecule is CC(C)c1c(F)cc(N2CCC(F)(F)CC2)cc1F. The molecule has 0 saturated carbocycles. The molecule has 0 aromatic heterocycles. The minimum absolute atomic E-state index is 0.0473. The highest BCUT2D eigenvalue weighted by Gasteiger charge is 2.34. The molecule has 19 heavy (non-hydrogen) atoms. The van der Waals surface area contributed by atoms with Gasteiger partial charge < -0.3 is 4.90 Å². The van der Waals surface area contributed by atoms with Crippen LogP contribution in [-0.2, 0) is 0 Å². The van der Waals surface area contributed by atoms with E-state index >= 15 is 0 Å². The van der Waals surface area contributed by atoms with Crippen molar-refractivity contribution in [3.8, 4) is 0 Å². The number of alkyl halides is 2. The van der Waals surface area contributed by atoms with E-state index < -0.39 is 17.6 Å². The standard InChI is InChI=1S/C14H17F4N/c1-9(2)13-11(15)7-10(8-12(13)16)19-5-3-14(17,18)4-6-19/h7-9H,3-6H2,1-2H3. The Morgan fingerprint density at radius 1 is 1.05 bits per heavy atom. The van der Waals surface area contributed by atoms with Crippen molar-refractivity contribution < 1.29 is 17.6 Å². The Morgan fingerprint density at radius 3 is 1.95 bits per heavy atom. The zero-order chi connectivity index (χ0) is 14.2. The largest absolute Gasteiger partial charge is 0.371 e. The first kappa shape index (κ1) is 14.2. The zero-order valence-electron chi connectivity index (χ0n) is 11.0. The molecule has 0 spiro atoms. The Kier molecular flexibility index (Phi) is 3.74. The zero-order valence-corrected chi connectivity index (χ0v) is 11.0. The van der Waals surface area contributed by atoms with Crippen molar-refractivity contribution in [2.24, 2.45) is 0 Å². The third-order valence-corrected chi connectivity index (χ3v) is 3.50. The fourth-order valence-corrected chi connectivity index (χ4v) is 2.40. The van der Waals surface area contributed by atoms with Gasteiger partial charge in [-0.15, -0.1) is 0 Å². The van der Waals surface area contributed by atoms with Crippen molar-refractivity contribution in [3.05, 3.63) is 29.3 Å². The lowest BCUT2D eigenvalue weighted by Gasteiger charge is -2.33. The van der Waals surface area contributed by atoms with E-state index in [0.717, 1.165) is 0 Å². The van der Waals surface area contributed by atoms with Crippen molar-refractivity contribution in [3.63, 3.8) is 0 Å². The normalized spacial score (nSPS) is 19.0. The van der Waals surface area contributed by atoms with Crippen LogP contribution in [0.5, 0.6) is 0 Å². The first-order valence-corrected chi connectivity index (χ1v) is 6.42. The number of piperidine rings is 1. The Labute approximate surface area is 110 Å². The lowest BCUT2D eigenvalue weighted by atomic mass is 10.00. The van der Waals surface area contributed by atoms with E-state index in [2.05, 4.69) is 0 Å². The van der Waals surface area contributed by atoms with Gasteiger partial charge in [-0.25, -0.2) is 17.6 Å². The summed E-state index contributed by atoms with van der Waals surface area (Å²) >= 11 is 0. The van der Waals surface area contributed by atoms with Gasteiger partial charge in [-0.2, -0.15) is 0 Å². The summed E-state index contributed by atoms with van der Waals surface area (Å²) in [5, 5.41) is 0. The molecule has 106 valence electrons. The quantitative estimate of drug-likeness (QED) is 0.726. The molecule has 1 nitrogen and oxygen atoms in total. The molecule has 1 fully saturated rings. The molecule has 2 rings (SSSR count). The van der Waals surface area contributed by atoms with Gasteiger partial charge in [-0.1, -0.05) is 13.8 Å². The van der Waals surface area contributed by atoms with Crippen LogP contribution < -0.4 is 4.90 Å². The molecule has 1 aliphatic heterocycles. The monoisotopic (exact) mass is 275 g/mol. The predicted molar refractivity (Wildman–Crippen MR) is 66.8 cm³/mol. The van der Waals surface area contributed by atoms with Crippen molar-refractivity contribution in [2.45, 2.75) is 38.5 Å². The summed E-state index contributed by atoms with van der Waals surface area (Å²) in [5.41, 5.74) is 0.390. The maximum atomic E-state index is 13.9. The van der Waals surface area contributed by atoms with E-state index in [0.29, 0.717) is 5.69 Å². The van der Waals surface area contributed by atoms with E-state index in [1.54, 1.807) is 18.7 Å². The highest BCUT2D eigenvalue weighted by Crippen LogP contribution is 2.32. The van der Waals surface area contributed by atoms with Gasteiger partial charge in [0.25, 0.3) is 5.92 Å². The van der Waals surface area contributed by atoms with Crippen LogP contribution in [0, 0.1) is 11.6 Å². The van der Waals surface area contributed by atoms with Crippen LogP contribution >= 0.6 is 0 Å². The van der Waals surface area contributed by atoms with Crippen LogP contribution in [0.15, 0.2) is 12.1 Å². The molecule has 1 aliphatic rings. The number of hydrogen-bond acceptors (Lipinski definition) is 1. The molecule has 0 N–H and O–H groups in total. The van der Waals surface area contributed by atoms with Gasteiger partial charge in [0, 0.05) is 37.2 Å². The molecule has 1 heterocycles. The van der Waals surface area contributed by atoms with Gasteiger partial charge in [0.05, 0.1) is 0 Å². The van der Waals surface area contributed by atoms with Crippen LogP contribution in [0.3, 0.4) is 0 Å². The maximum absolute atomic E-state index is 13.9. The first-order chi connectivity index (χ1) is 8.80. The summed E-state index contributed by atoms with van der Waals surface area (Å²) in [5.74, 6) is -4.13. The second-order valence-corrected chi connectivity index (χ2v) is 5.32. The number of benzene rings is 1. The average Bonchev–Trinajstić information content (AvgIpc) is 2.27. The molecule has 0 amide bonds. The summed E-state index contributed by atoms with van der Waals surface area (Å²) < 4.78 is 53.8. The summed E-state index contributed by atoms with van der Waals surface area (Å²) in [7, 11) is 0. The summed E-state index contributed by atoms with van der Waals surface area (Å²) in [6, 6.07) is 2.48. The number of nitrogens with zero attached hydrogens (tertiary/aromatic N) is 1. The molecule has 0 radical (unpaired) electrons. The summed E-state index contributed by atoms with van der Waals surface area (Å²) in [6.45, 7) is 3.66. The second-order valence-electron chi connectivity index (χ2n) is 5.32. The number of halogens is 4. The Bertz CT molecular complexity index is 438. The minimum atomic E-state index is -2.66. The van der Waals surface area contributed by atoms with Gasteiger partial charge >= 0.3 is 0 Å². The molecular weight excluding hydrogens is 258 g/mol. The van der Waals surface area contributed by atoms with Gasteiger partial charge in [-0.3, -0.25) is 0 Å². The van der Waals surface area contributed by atoms with Gasteiger partial charge in [-0.05, 0) is 18.1 Å². The molecule has 5 heteroatoms. The van der Waals surface area contributed by atoms with Crippen molar-refractivity contribution in [1.82, 2.24) is 0 Å². The lowest BCUT2D eigenvalue weighted by molar-refractivity contribution is -0.0220. The molecule has 1 aromatic rings. The lowest BCUT2D eigenvalue weighted by Crippen LogP contribution is -2.39. The van der Waals surface area contributed by atoms with Gasteiger partial charge in [0.1, 0.15) is 11.6 Å². The highest BCUT2D eigenvalue weighted by atomic mass is 19.3. The minimum Gasteiger partial charge on any atom is -0.371 e. The van der Waals surface area contributed by atoms with E-state index in [1.807, 2.05) is 0 Å². The molecule has 0 unspecified atom stereocenters. The Hall–Kier alpha value is -1.26. The fourth-order valence-electron chi connectivity index (χ4n) is 2.40. The third kappa shape index (κ3) is 3.01. The van der Waals surface area contributed by atoms with Crippen LogP contribution in [0.2, 0.25) is 0 Å². The first-order valence-electron chi connectivity index (χ1n) is 6.42. The number of hydrogen-bond donors (Lipinski definition) is 0. The Morgan fingerprint density at radius 2 is 1.53 bits per heavy atom. The topological polar surface area (TPSA) is 3.24 Å². The molecular formula is C14H17F4N. The van der Waals surface area contributed by atoms with Crippen molar-refractivity contribution >= 4 is 5.69 Å². The molecule has 0 atom stereocenters. The molecule has 1 saturated heterocycles. The van der Waals surface area contributed by atoms with Gasteiger partial charge in [0.2, 0.25) is 0 Å². The van der Waals surface area contributed by atoms with E-state index in [-0.39, 0.29) is 37.4 Å². The molecule has 1 aromatic carbocycles. The Balaban J connectivity index is 2.23. The summed E-state index contributed by atoms with van der Waals surface area (Å²) in [6.07, 6.45) is -0.551. The van der Waals surface area contributed by atoms with E-state index in [9.17, 15) is 17.6 Å².